The number of rotatable bonds is 7. The van der Waals surface area contributed by atoms with E-state index in [2.05, 4.69) is 40.7 Å². The first-order chi connectivity index (χ1) is 11.7. The van der Waals surface area contributed by atoms with Gasteiger partial charge in [0.05, 0.1) is 11.4 Å². The molecule has 3 N–H and O–H groups in total. The number of aromatic nitrogens is 2. The number of nitrogens with two attached hydrogens (primary N) is 1. The van der Waals surface area contributed by atoms with Gasteiger partial charge in [0.25, 0.3) is 0 Å². The minimum Gasteiger partial charge on any atom is -0.370 e. The van der Waals surface area contributed by atoms with E-state index in [1.54, 1.807) is 0 Å². The van der Waals surface area contributed by atoms with Crippen molar-refractivity contribution in [2.24, 2.45) is 16.6 Å². The van der Waals surface area contributed by atoms with Gasteiger partial charge >= 0.3 is 0 Å². The lowest BCUT2D eigenvalue weighted by atomic mass is 9.86. The van der Waals surface area contributed by atoms with Gasteiger partial charge in [-0.25, -0.2) is 4.68 Å². The second kappa shape index (κ2) is 9.79. The molecule has 0 aliphatic heterocycles. The first-order valence-electron chi connectivity index (χ1n) is 8.87. The molecule has 136 valence electrons. The Bertz CT molecular complexity index is 676. The molecule has 2 aromatic rings. The maximum Gasteiger partial charge on any atom is 0.188 e. The maximum absolute atomic E-state index is 5.91. The van der Waals surface area contributed by atoms with Crippen LogP contribution >= 0.6 is 24.0 Å². The minimum absolute atomic E-state index is 0. The lowest BCUT2D eigenvalue weighted by Gasteiger charge is -2.23. The van der Waals surface area contributed by atoms with Gasteiger partial charge < -0.3 is 11.1 Å². The van der Waals surface area contributed by atoms with Crippen LogP contribution in [0.4, 0.5) is 0 Å². The zero-order chi connectivity index (χ0) is 16.8. The molecule has 1 aliphatic rings. The summed E-state index contributed by atoms with van der Waals surface area (Å²) in [4.78, 5) is 4.42. The Hall–Kier alpha value is -1.57. The molecule has 1 heterocycles. The van der Waals surface area contributed by atoms with Gasteiger partial charge in [-0.1, -0.05) is 24.6 Å². The number of hydrogen-bond donors (Lipinski definition) is 2. The molecule has 0 unspecified atom stereocenters. The number of guanidine groups is 1. The Balaban J connectivity index is 0.00000225. The van der Waals surface area contributed by atoms with Crippen LogP contribution in [0.1, 0.15) is 36.9 Å². The molecule has 1 aromatic carbocycles. The Morgan fingerprint density at radius 1 is 1.32 bits per heavy atom. The third kappa shape index (κ3) is 5.73. The molecule has 1 saturated carbocycles. The summed E-state index contributed by atoms with van der Waals surface area (Å²) in [6.07, 6.45) is 8.09. The first kappa shape index (κ1) is 19.8. The van der Waals surface area contributed by atoms with Gasteiger partial charge in [-0.2, -0.15) is 5.10 Å². The van der Waals surface area contributed by atoms with Gasteiger partial charge in [0, 0.05) is 19.3 Å². The lowest BCUT2D eigenvalue weighted by molar-refractivity contribution is 0.326. The van der Waals surface area contributed by atoms with Crippen molar-refractivity contribution < 1.29 is 0 Å². The largest absolute Gasteiger partial charge is 0.370 e. The summed E-state index contributed by atoms with van der Waals surface area (Å²) in [6, 6.07) is 10.2. The standard InChI is InChI=1S/C19H27N5.HI/c1-15-17(14-24(23-15)18-10-3-2-4-11-18)9-6-12-21-19(20)22-13-16-7-5-8-16;/h2-4,10-11,14,16H,5-9,12-13H2,1H3,(H3,20,21,22);1H. The molecule has 0 radical (unpaired) electrons. The van der Waals surface area contributed by atoms with E-state index in [9.17, 15) is 0 Å². The van der Waals surface area contributed by atoms with Crippen molar-refractivity contribution in [3.05, 3.63) is 47.8 Å². The second-order valence-corrected chi connectivity index (χ2v) is 6.57. The molecule has 1 fully saturated rings. The number of aryl methyl sites for hydroxylation is 2. The number of hydrogen-bond acceptors (Lipinski definition) is 2. The van der Waals surface area contributed by atoms with Gasteiger partial charge in [0.2, 0.25) is 0 Å². The van der Waals surface area contributed by atoms with E-state index < -0.39 is 0 Å². The average Bonchev–Trinajstić information content (AvgIpc) is 2.92. The monoisotopic (exact) mass is 453 g/mol. The number of nitrogens with zero attached hydrogens (tertiary/aromatic N) is 3. The third-order valence-corrected chi connectivity index (χ3v) is 4.69. The Morgan fingerprint density at radius 2 is 2.08 bits per heavy atom. The van der Waals surface area contributed by atoms with Crippen LogP contribution in [-0.4, -0.2) is 28.8 Å². The summed E-state index contributed by atoms with van der Waals surface area (Å²) >= 11 is 0. The number of aliphatic imine (C=N–C) groups is 1. The highest BCUT2D eigenvalue weighted by molar-refractivity contribution is 14.0. The topological polar surface area (TPSA) is 68.2 Å². The van der Waals surface area contributed by atoms with Crippen LogP contribution in [0.5, 0.6) is 0 Å². The molecule has 0 spiro atoms. The lowest BCUT2D eigenvalue weighted by Crippen LogP contribution is -2.33. The van der Waals surface area contributed by atoms with Crippen LogP contribution in [-0.2, 0) is 6.42 Å². The van der Waals surface area contributed by atoms with Gasteiger partial charge in [0.1, 0.15) is 0 Å². The molecule has 0 saturated heterocycles. The fourth-order valence-corrected chi connectivity index (χ4v) is 2.91. The fourth-order valence-electron chi connectivity index (χ4n) is 2.91. The van der Waals surface area contributed by atoms with Gasteiger partial charge in [-0.15, -0.1) is 24.0 Å². The quantitative estimate of drug-likeness (QED) is 0.292. The Morgan fingerprint density at radius 3 is 2.76 bits per heavy atom. The van der Waals surface area contributed by atoms with Crippen molar-refractivity contribution in [2.45, 2.75) is 39.0 Å². The number of halogens is 1. The summed E-state index contributed by atoms with van der Waals surface area (Å²) in [6.45, 7) is 3.79. The summed E-state index contributed by atoms with van der Waals surface area (Å²) in [5, 5.41) is 7.82. The SMILES string of the molecule is Cc1nn(-c2ccccc2)cc1CCCNC(N)=NCC1CCC1.I. The van der Waals surface area contributed by atoms with E-state index in [1.165, 1.54) is 24.8 Å². The summed E-state index contributed by atoms with van der Waals surface area (Å²) in [5.74, 6) is 1.34. The van der Waals surface area contributed by atoms with Crippen LogP contribution in [0.3, 0.4) is 0 Å². The summed E-state index contributed by atoms with van der Waals surface area (Å²) < 4.78 is 1.95. The van der Waals surface area contributed by atoms with Crippen molar-refractivity contribution in [3.63, 3.8) is 0 Å². The predicted molar refractivity (Wildman–Crippen MR) is 114 cm³/mol. The number of benzene rings is 1. The molecule has 25 heavy (non-hydrogen) atoms. The van der Waals surface area contributed by atoms with Crippen LogP contribution in [0.15, 0.2) is 41.5 Å². The highest BCUT2D eigenvalue weighted by Gasteiger charge is 2.16. The van der Waals surface area contributed by atoms with Crippen LogP contribution in [0, 0.1) is 12.8 Å². The molecule has 0 atom stereocenters. The zero-order valence-electron chi connectivity index (χ0n) is 14.8. The van der Waals surface area contributed by atoms with E-state index in [0.717, 1.165) is 43.2 Å². The van der Waals surface area contributed by atoms with Gasteiger partial charge in [-0.3, -0.25) is 4.99 Å². The smallest absolute Gasteiger partial charge is 0.188 e. The van der Waals surface area contributed by atoms with E-state index in [4.69, 9.17) is 5.73 Å². The van der Waals surface area contributed by atoms with Crippen molar-refractivity contribution in [2.75, 3.05) is 13.1 Å². The van der Waals surface area contributed by atoms with Crippen LogP contribution in [0.25, 0.3) is 5.69 Å². The second-order valence-electron chi connectivity index (χ2n) is 6.57. The van der Waals surface area contributed by atoms with Crippen molar-refractivity contribution in [1.82, 2.24) is 15.1 Å². The van der Waals surface area contributed by atoms with Crippen molar-refractivity contribution in [1.29, 1.82) is 0 Å². The van der Waals surface area contributed by atoms with Crippen LogP contribution < -0.4 is 11.1 Å². The van der Waals surface area contributed by atoms with Gasteiger partial charge in [0.15, 0.2) is 5.96 Å². The van der Waals surface area contributed by atoms with Crippen molar-refractivity contribution >= 4 is 29.9 Å². The molecule has 6 heteroatoms. The molecule has 3 rings (SSSR count). The molecule has 0 amide bonds. The fraction of sp³-hybridized carbons (Fsp3) is 0.474. The van der Waals surface area contributed by atoms with E-state index in [0.29, 0.717) is 5.96 Å². The highest BCUT2D eigenvalue weighted by Crippen LogP contribution is 2.26. The molecular weight excluding hydrogens is 425 g/mol. The van der Waals surface area contributed by atoms with Gasteiger partial charge in [-0.05, 0) is 56.2 Å². The van der Waals surface area contributed by atoms with E-state index >= 15 is 0 Å². The molecule has 1 aromatic heterocycles. The molecule has 1 aliphatic carbocycles. The average molecular weight is 453 g/mol. The maximum atomic E-state index is 5.91. The van der Waals surface area contributed by atoms with Crippen LogP contribution in [0.2, 0.25) is 0 Å². The number of para-hydroxylation sites is 1. The zero-order valence-corrected chi connectivity index (χ0v) is 17.1. The highest BCUT2D eigenvalue weighted by atomic mass is 127. The summed E-state index contributed by atoms with van der Waals surface area (Å²) in [5.41, 5.74) is 9.38. The minimum atomic E-state index is 0. The molecule has 0 bridgehead atoms. The third-order valence-electron chi connectivity index (χ3n) is 4.69. The van der Waals surface area contributed by atoms with E-state index in [-0.39, 0.29) is 24.0 Å². The molecule has 5 nitrogen and oxygen atoms in total. The first-order valence-corrected chi connectivity index (χ1v) is 8.87. The normalized spacial score (nSPS) is 14.7. The van der Waals surface area contributed by atoms with E-state index in [1.807, 2.05) is 22.9 Å². The number of nitrogens with one attached hydrogen (secondary N) is 1. The molecular formula is C19H28IN5. The summed E-state index contributed by atoms with van der Waals surface area (Å²) in [7, 11) is 0. The predicted octanol–water partition coefficient (Wildman–Crippen LogP) is 3.44. The Labute approximate surface area is 167 Å². The van der Waals surface area contributed by atoms with Crippen molar-refractivity contribution in [3.8, 4) is 5.69 Å². The Kier molecular flexibility index (Phi) is 7.74.